The van der Waals surface area contributed by atoms with Gasteiger partial charge in [-0.3, -0.25) is 9.78 Å². The van der Waals surface area contributed by atoms with Crippen molar-refractivity contribution in [2.75, 3.05) is 38.2 Å². The van der Waals surface area contributed by atoms with Crippen LogP contribution in [0.5, 0.6) is 5.75 Å². The third-order valence-corrected chi connectivity index (χ3v) is 5.12. The van der Waals surface area contributed by atoms with Gasteiger partial charge < -0.3 is 14.5 Å². The Hall–Kier alpha value is -3.34. The second-order valence-corrected chi connectivity index (χ2v) is 6.77. The summed E-state index contributed by atoms with van der Waals surface area (Å²) in [5, 5.41) is 0. The Labute approximate surface area is 165 Å². The molecular formula is C23H23N3O2. The quantitative estimate of drug-likeness (QED) is 0.699. The van der Waals surface area contributed by atoms with Crippen LogP contribution in [-0.4, -0.2) is 49.1 Å². The fraction of sp³-hybridized carbons (Fsp3) is 0.217. The van der Waals surface area contributed by atoms with Gasteiger partial charge in [-0.25, -0.2) is 0 Å². The molecule has 4 rings (SSSR count). The summed E-state index contributed by atoms with van der Waals surface area (Å²) < 4.78 is 5.32. The zero-order valence-corrected chi connectivity index (χ0v) is 15.9. The number of amides is 1. The minimum absolute atomic E-state index is 0.0616. The van der Waals surface area contributed by atoms with Crippen LogP contribution in [0, 0.1) is 0 Å². The highest BCUT2D eigenvalue weighted by atomic mass is 16.5. The molecule has 0 aliphatic carbocycles. The fourth-order valence-electron chi connectivity index (χ4n) is 3.57. The number of rotatable bonds is 4. The first-order valence-corrected chi connectivity index (χ1v) is 9.44. The summed E-state index contributed by atoms with van der Waals surface area (Å²) in [7, 11) is 1.68. The zero-order valence-electron chi connectivity index (χ0n) is 15.9. The van der Waals surface area contributed by atoms with Crippen LogP contribution in [0.4, 0.5) is 5.69 Å². The Morgan fingerprint density at radius 2 is 1.75 bits per heavy atom. The number of methoxy groups -OCH3 is 1. The summed E-state index contributed by atoms with van der Waals surface area (Å²) in [6, 6.07) is 19.8. The molecule has 5 nitrogen and oxygen atoms in total. The molecule has 142 valence electrons. The first-order chi connectivity index (χ1) is 13.8. The average molecular weight is 373 g/mol. The summed E-state index contributed by atoms with van der Waals surface area (Å²) >= 11 is 0. The van der Waals surface area contributed by atoms with E-state index in [1.54, 1.807) is 19.5 Å². The number of piperazine rings is 1. The third-order valence-electron chi connectivity index (χ3n) is 5.12. The molecule has 1 aromatic heterocycles. The second kappa shape index (κ2) is 8.13. The van der Waals surface area contributed by atoms with Crippen LogP contribution in [0.3, 0.4) is 0 Å². The van der Waals surface area contributed by atoms with Crippen molar-refractivity contribution in [2.24, 2.45) is 0 Å². The molecule has 0 bridgehead atoms. The highest BCUT2D eigenvalue weighted by Gasteiger charge is 2.24. The molecule has 1 aliphatic rings. The highest BCUT2D eigenvalue weighted by Crippen LogP contribution is 2.25. The molecule has 1 amide bonds. The fourth-order valence-corrected chi connectivity index (χ4v) is 3.57. The van der Waals surface area contributed by atoms with E-state index in [0.717, 1.165) is 35.7 Å². The summed E-state index contributed by atoms with van der Waals surface area (Å²) in [4.78, 5) is 21.6. The molecule has 0 N–H and O–H groups in total. The van der Waals surface area contributed by atoms with E-state index in [0.29, 0.717) is 18.7 Å². The minimum atomic E-state index is 0.0616. The lowest BCUT2D eigenvalue weighted by molar-refractivity contribution is 0.0747. The van der Waals surface area contributed by atoms with Crippen molar-refractivity contribution in [3.8, 4) is 16.9 Å². The van der Waals surface area contributed by atoms with E-state index in [1.165, 1.54) is 0 Å². The van der Waals surface area contributed by atoms with Gasteiger partial charge in [0.05, 0.1) is 12.7 Å². The molecule has 5 heteroatoms. The van der Waals surface area contributed by atoms with Crippen molar-refractivity contribution in [3.63, 3.8) is 0 Å². The first-order valence-electron chi connectivity index (χ1n) is 9.44. The molecule has 0 radical (unpaired) electrons. The number of anilines is 1. The first kappa shape index (κ1) is 18.0. The number of benzene rings is 2. The van der Waals surface area contributed by atoms with Gasteiger partial charge in [0.25, 0.3) is 5.91 Å². The van der Waals surface area contributed by atoms with Crippen molar-refractivity contribution in [1.29, 1.82) is 0 Å². The third kappa shape index (κ3) is 3.69. The highest BCUT2D eigenvalue weighted by molar-refractivity contribution is 6.00. The summed E-state index contributed by atoms with van der Waals surface area (Å²) in [5.74, 6) is 0.909. The molecule has 28 heavy (non-hydrogen) atoms. The summed E-state index contributed by atoms with van der Waals surface area (Å²) in [6.07, 6.45) is 3.46. The van der Waals surface area contributed by atoms with Gasteiger partial charge in [-0.2, -0.15) is 0 Å². The lowest BCUT2D eigenvalue weighted by atomic mass is 10.0. The molecule has 0 atom stereocenters. The predicted octanol–water partition coefficient (Wildman–Crippen LogP) is 3.72. The van der Waals surface area contributed by atoms with E-state index in [4.69, 9.17) is 4.74 Å². The van der Waals surface area contributed by atoms with Crippen molar-refractivity contribution in [3.05, 3.63) is 78.6 Å². The lowest BCUT2D eigenvalue weighted by Crippen LogP contribution is -2.48. The molecule has 0 spiro atoms. The van der Waals surface area contributed by atoms with E-state index in [-0.39, 0.29) is 5.91 Å². The molecule has 1 aliphatic heterocycles. The van der Waals surface area contributed by atoms with Gasteiger partial charge in [-0.15, -0.1) is 0 Å². The van der Waals surface area contributed by atoms with Crippen molar-refractivity contribution >= 4 is 11.6 Å². The molecule has 0 saturated carbocycles. The number of nitrogens with zero attached hydrogens (tertiary/aromatic N) is 3. The topological polar surface area (TPSA) is 45.7 Å². The predicted molar refractivity (Wildman–Crippen MR) is 111 cm³/mol. The molecule has 3 aromatic rings. The van der Waals surface area contributed by atoms with Gasteiger partial charge in [0.15, 0.2) is 0 Å². The van der Waals surface area contributed by atoms with Crippen molar-refractivity contribution < 1.29 is 9.53 Å². The normalized spacial score (nSPS) is 14.0. The van der Waals surface area contributed by atoms with Gasteiger partial charge >= 0.3 is 0 Å². The smallest absolute Gasteiger partial charge is 0.254 e. The van der Waals surface area contributed by atoms with Crippen LogP contribution < -0.4 is 9.64 Å². The number of carbonyl (C=O) groups is 1. The molecule has 1 saturated heterocycles. The monoisotopic (exact) mass is 373 g/mol. The summed E-state index contributed by atoms with van der Waals surface area (Å²) in [6.45, 7) is 2.97. The van der Waals surface area contributed by atoms with Crippen LogP contribution in [0.1, 0.15) is 10.4 Å². The van der Waals surface area contributed by atoms with Crippen molar-refractivity contribution in [2.45, 2.75) is 0 Å². The minimum Gasteiger partial charge on any atom is -0.497 e. The van der Waals surface area contributed by atoms with Gasteiger partial charge in [-0.1, -0.05) is 36.4 Å². The summed E-state index contributed by atoms with van der Waals surface area (Å²) in [5.41, 5.74) is 3.72. The van der Waals surface area contributed by atoms with E-state index < -0.39 is 0 Å². The number of carbonyl (C=O) groups excluding carboxylic acids is 1. The number of ether oxygens (including phenoxy) is 1. The van der Waals surface area contributed by atoms with E-state index in [2.05, 4.69) is 16.0 Å². The average Bonchev–Trinajstić information content (AvgIpc) is 2.79. The van der Waals surface area contributed by atoms with E-state index in [9.17, 15) is 4.79 Å². The van der Waals surface area contributed by atoms with Gasteiger partial charge in [0.2, 0.25) is 0 Å². The Balaban J connectivity index is 1.49. The molecular weight excluding hydrogens is 350 g/mol. The zero-order chi connectivity index (χ0) is 19.3. The Morgan fingerprint density at radius 1 is 0.964 bits per heavy atom. The lowest BCUT2D eigenvalue weighted by Gasteiger charge is -2.36. The standard InChI is InChI=1S/C23H23N3O2/c1-28-20-9-5-8-19(16-20)25-12-14-26(15-13-25)23(27)21-10-11-24-17-22(21)18-6-3-2-4-7-18/h2-11,16-17H,12-15H2,1H3. The number of hydrogen-bond donors (Lipinski definition) is 0. The molecule has 1 fully saturated rings. The second-order valence-electron chi connectivity index (χ2n) is 6.77. The van der Waals surface area contributed by atoms with E-state index in [1.807, 2.05) is 59.5 Å². The van der Waals surface area contributed by atoms with Crippen LogP contribution in [0.15, 0.2) is 73.1 Å². The number of aromatic nitrogens is 1. The number of pyridine rings is 1. The van der Waals surface area contributed by atoms with Gasteiger partial charge in [-0.05, 0) is 23.8 Å². The van der Waals surface area contributed by atoms with E-state index >= 15 is 0 Å². The van der Waals surface area contributed by atoms with Crippen LogP contribution in [-0.2, 0) is 0 Å². The Bertz CT molecular complexity index is 951. The van der Waals surface area contributed by atoms with Crippen LogP contribution in [0.2, 0.25) is 0 Å². The Morgan fingerprint density at radius 3 is 2.50 bits per heavy atom. The maximum absolute atomic E-state index is 13.2. The Kier molecular flexibility index (Phi) is 5.24. The maximum atomic E-state index is 13.2. The maximum Gasteiger partial charge on any atom is 0.254 e. The van der Waals surface area contributed by atoms with Crippen molar-refractivity contribution in [1.82, 2.24) is 9.88 Å². The molecule has 2 aromatic carbocycles. The molecule has 0 unspecified atom stereocenters. The van der Waals surface area contributed by atoms with Gasteiger partial charge in [0.1, 0.15) is 5.75 Å². The van der Waals surface area contributed by atoms with Crippen LogP contribution >= 0.6 is 0 Å². The number of hydrogen-bond acceptors (Lipinski definition) is 4. The molecule has 2 heterocycles. The largest absolute Gasteiger partial charge is 0.497 e. The van der Waals surface area contributed by atoms with Crippen LogP contribution in [0.25, 0.3) is 11.1 Å². The van der Waals surface area contributed by atoms with Gasteiger partial charge in [0, 0.05) is 55.9 Å². The SMILES string of the molecule is COc1cccc(N2CCN(C(=O)c3ccncc3-c3ccccc3)CC2)c1.